The van der Waals surface area contributed by atoms with Crippen molar-refractivity contribution in [3.63, 3.8) is 0 Å². The quantitative estimate of drug-likeness (QED) is 0.555. The van der Waals surface area contributed by atoms with Gasteiger partial charge in [0.25, 0.3) is 0 Å². The van der Waals surface area contributed by atoms with Crippen molar-refractivity contribution >= 4 is 18.0 Å². The minimum atomic E-state index is -1.15. The third kappa shape index (κ3) is 4.31. The number of amides is 2. The summed E-state index contributed by atoms with van der Waals surface area (Å²) in [5.41, 5.74) is 3.34. The number of nitrogens with one attached hydrogen (secondary N) is 2. The van der Waals surface area contributed by atoms with E-state index in [9.17, 15) is 19.5 Å². The molecule has 2 aromatic rings. The standard InChI is InChI=1S/C24H26N2O6/c1-31-13-10-20(21(27)28)25-22(29)24(11-12-24)26-23(30)32-14-19-17-8-4-2-6-15(17)16-7-3-5-9-18(16)19/h2-9,19-20H,10-14H2,1H3,(H,25,29)(H,26,30)(H,27,28). The van der Waals surface area contributed by atoms with Gasteiger partial charge in [-0.2, -0.15) is 0 Å². The summed E-state index contributed by atoms with van der Waals surface area (Å²) < 4.78 is 10.4. The van der Waals surface area contributed by atoms with E-state index in [1.54, 1.807) is 0 Å². The van der Waals surface area contributed by atoms with Crippen LogP contribution < -0.4 is 10.6 Å². The third-order valence-corrected chi connectivity index (χ3v) is 6.08. The Morgan fingerprint density at radius 2 is 1.66 bits per heavy atom. The molecule has 8 nitrogen and oxygen atoms in total. The van der Waals surface area contributed by atoms with Crippen LogP contribution in [0.1, 0.15) is 36.3 Å². The van der Waals surface area contributed by atoms with Gasteiger partial charge in [0.2, 0.25) is 5.91 Å². The maximum absolute atomic E-state index is 12.6. The van der Waals surface area contributed by atoms with Crippen LogP contribution >= 0.6 is 0 Å². The SMILES string of the molecule is COCCC(NC(=O)C1(NC(=O)OCC2c3ccccc3-c3ccccc32)CC1)C(=O)O. The molecule has 4 rings (SSSR count). The molecule has 32 heavy (non-hydrogen) atoms. The molecule has 0 bridgehead atoms. The molecule has 2 aromatic carbocycles. The van der Waals surface area contributed by atoms with Gasteiger partial charge < -0.3 is 25.2 Å². The topological polar surface area (TPSA) is 114 Å². The second-order valence-electron chi connectivity index (χ2n) is 8.18. The molecule has 0 aromatic heterocycles. The maximum Gasteiger partial charge on any atom is 0.408 e. The summed E-state index contributed by atoms with van der Waals surface area (Å²) >= 11 is 0. The van der Waals surface area contributed by atoms with Crippen molar-refractivity contribution in [1.29, 1.82) is 0 Å². The molecule has 1 atom stereocenters. The van der Waals surface area contributed by atoms with Gasteiger partial charge in [-0.15, -0.1) is 0 Å². The zero-order valence-electron chi connectivity index (χ0n) is 17.8. The average Bonchev–Trinajstić information content (AvgIpc) is 3.50. The molecule has 0 heterocycles. The lowest BCUT2D eigenvalue weighted by atomic mass is 9.98. The summed E-state index contributed by atoms with van der Waals surface area (Å²) in [5.74, 6) is -1.75. The predicted molar refractivity (Wildman–Crippen MR) is 116 cm³/mol. The highest BCUT2D eigenvalue weighted by atomic mass is 16.5. The van der Waals surface area contributed by atoms with Gasteiger partial charge in [-0.3, -0.25) is 4.79 Å². The van der Waals surface area contributed by atoms with Crippen LogP contribution in [0.5, 0.6) is 0 Å². The largest absolute Gasteiger partial charge is 0.480 e. The minimum Gasteiger partial charge on any atom is -0.480 e. The zero-order valence-corrected chi connectivity index (χ0v) is 17.8. The highest BCUT2D eigenvalue weighted by molar-refractivity contribution is 5.95. The van der Waals surface area contributed by atoms with Crippen LogP contribution in [0.25, 0.3) is 11.1 Å². The second kappa shape index (κ2) is 9.00. The number of carboxylic acid groups (broad SMARTS) is 1. The molecule has 1 unspecified atom stereocenters. The first-order valence-corrected chi connectivity index (χ1v) is 10.6. The Morgan fingerprint density at radius 3 is 2.19 bits per heavy atom. The van der Waals surface area contributed by atoms with E-state index in [1.807, 2.05) is 36.4 Å². The van der Waals surface area contributed by atoms with Crippen LogP contribution in [0.3, 0.4) is 0 Å². The first-order chi connectivity index (χ1) is 15.4. The summed E-state index contributed by atoms with van der Waals surface area (Å²) in [6.45, 7) is 0.340. The number of carboxylic acids is 1. The maximum atomic E-state index is 12.6. The molecular formula is C24H26N2O6. The van der Waals surface area contributed by atoms with Crippen molar-refractivity contribution in [2.24, 2.45) is 0 Å². The fraction of sp³-hybridized carbons (Fsp3) is 0.375. The van der Waals surface area contributed by atoms with Crippen LogP contribution in [0.2, 0.25) is 0 Å². The first-order valence-electron chi connectivity index (χ1n) is 10.6. The number of carbonyl (C=O) groups excluding carboxylic acids is 2. The molecule has 3 N–H and O–H groups in total. The fourth-order valence-electron chi connectivity index (χ4n) is 4.15. The van der Waals surface area contributed by atoms with Crippen LogP contribution in [-0.2, 0) is 19.1 Å². The molecule has 1 saturated carbocycles. The van der Waals surface area contributed by atoms with E-state index in [2.05, 4.69) is 22.8 Å². The summed E-state index contributed by atoms with van der Waals surface area (Å²) in [5, 5.41) is 14.4. The molecule has 0 saturated heterocycles. The second-order valence-corrected chi connectivity index (χ2v) is 8.18. The number of carbonyl (C=O) groups is 3. The number of benzene rings is 2. The van der Waals surface area contributed by atoms with Gasteiger partial charge >= 0.3 is 12.1 Å². The van der Waals surface area contributed by atoms with E-state index in [4.69, 9.17) is 9.47 Å². The summed E-state index contributed by atoms with van der Waals surface area (Å²) in [6, 6.07) is 15.0. The smallest absolute Gasteiger partial charge is 0.408 e. The summed E-state index contributed by atoms with van der Waals surface area (Å²) in [7, 11) is 1.46. The van der Waals surface area contributed by atoms with E-state index in [0.717, 1.165) is 22.3 Å². The Hall–Kier alpha value is -3.39. The van der Waals surface area contributed by atoms with Gasteiger partial charge in [0, 0.05) is 26.1 Å². The average molecular weight is 438 g/mol. The highest BCUT2D eigenvalue weighted by Gasteiger charge is 2.52. The molecule has 8 heteroatoms. The van der Waals surface area contributed by atoms with Crippen LogP contribution in [0, 0.1) is 0 Å². The Labute approximate surface area is 185 Å². The zero-order chi connectivity index (χ0) is 22.7. The van der Waals surface area contributed by atoms with Gasteiger partial charge in [0.05, 0.1) is 0 Å². The van der Waals surface area contributed by atoms with Crippen molar-refractivity contribution in [2.45, 2.75) is 36.8 Å². The van der Waals surface area contributed by atoms with Crippen molar-refractivity contribution in [3.8, 4) is 11.1 Å². The van der Waals surface area contributed by atoms with Crippen molar-refractivity contribution in [2.75, 3.05) is 20.3 Å². The first kappa shape index (κ1) is 21.8. The lowest BCUT2D eigenvalue weighted by Gasteiger charge is -2.21. The van der Waals surface area contributed by atoms with E-state index in [0.29, 0.717) is 12.8 Å². The number of ether oxygens (including phenoxy) is 2. The molecule has 0 radical (unpaired) electrons. The van der Waals surface area contributed by atoms with E-state index >= 15 is 0 Å². The minimum absolute atomic E-state index is 0.0810. The van der Waals surface area contributed by atoms with Crippen LogP contribution in [-0.4, -0.2) is 55.0 Å². The summed E-state index contributed by atoms with van der Waals surface area (Å²) in [6.07, 6.45) is 0.306. The number of fused-ring (bicyclic) bond motifs is 3. The summed E-state index contributed by atoms with van der Waals surface area (Å²) in [4.78, 5) is 36.5. The number of aliphatic carboxylic acids is 1. The molecular weight excluding hydrogens is 412 g/mol. The van der Waals surface area contributed by atoms with Crippen LogP contribution in [0.15, 0.2) is 48.5 Å². The number of hydrogen-bond donors (Lipinski definition) is 3. The number of methoxy groups -OCH3 is 1. The molecule has 0 spiro atoms. The molecule has 2 amide bonds. The van der Waals surface area contributed by atoms with Gasteiger partial charge in [-0.1, -0.05) is 48.5 Å². The van der Waals surface area contributed by atoms with Gasteiger partial charge in [-0.05, 0) is 35.1 Å². The number of rotatable bonds is 9. The normalized spacial score (nSPS) is 16.4. The van der Waals surface area contributed by atoms with E-state index in [1.165, 1.54) is 7.11 Å². The lowest BCUT2D eigenvalue weighted by Crippen LogP contribution is -2.53. The molecule has 1 fully saturated rings. The van der Waals surface area contributed by atoms with Crippen molar-refractivity contribution in [3.05, 3.63) is 59.7 Å². The van der Waals surface area contributed by atoms with E-state index < -0.39 is 29.6 Å². The molecule has 2 aliphatic rings. The van der Waals surface area contributed by atoms with Crippen molar-refractivity contribution < 1.29 is 29.0 Å². The molecule has 2 aliphatic carbocycles. The Balaban J connectivity index is 1.37. The van der Waals surface area contributed by atoms with Crippen molar-refractivity contribution in [1.82, 2.24) is 10.6 Å². The van der Waals surface area contributed by atoms with Gasteiger partial charge in [0.15, 0.2) is 0 Å². The fourth-order valence-corrected chi connectivity index (χ4v) is 4.15. The molecule has 168 valence electrons. The molecule has 0 aliphatic heterocycles. The van der Waals surface area contributed by atoms with Crippen LogP contribution in [0.4, 0.5) is 4.79 Å². The lowest BCUT2D eigenvalue weighted by molar-refractivity contribution is -0.142. The third-order valence-electron chi connectivity index (χ3n) is 6.08. The van der Waals surface area contributed by atoms with Gasteiger partial charge in [0.1, 0.15) is 18.2 Å². The Bertz CT molecular complexity index is 987. The number of hydrogen-bond acceptors (Lipinski definition) is 5. The Kier molecular flexibility index (Phi) is 6.14. The predicted octanol–water partition coefficient (Wildman–Crippen LogP) is 2.66. The number of alkyl carbamates (subject to hydrolysis) is 1. The van der Waals surface area contributed by atoms with Gasteiger partial charge in [-0.25, -0.2) is 9.59 Å². The highest BCUT2D eigenvalue weighted by Crippen LogP contribution is 2.44. The Morgan fingerprint density at radius 1 is 1.06 bits per heavy atom. The van der Waals surface area contributed by atoms with E-state index in [-0.39, 0.29) is 25.6 Å². The monoisotopic (exact) mass is 438 g/mol.